The fourth-order valence-corrected chi connectivity index (χ4v) is 4.62. The third-order valence-electron chi connectivity index (χ3n) is 2.60. The van der Waals surface area contributed by atoms with Gasteiger partial charge in [0.05, 0.1) is 6.54 Å². The van der Waals surface area contributed by atoms with Gasteiger partial charge in [-0.05, 0) is 40.5 Å². The first-order valence-electron chi connectivity index (χ1n) is 5.10. The zero-order chi connectivity index (χ0) is 13.5. The second kappa shape index (κ2) is 4.82. The predicted molar refractivity (Wildman–Crippen MR) is 73.9 cm³/mol. The Morgan fingerprint density at radius 2 is 1.94 bits per heavy atom. The van der Waals surface area contributed by atoms with Gasteiger partial charge < -0.3 is 5.32 Å². The Hall–Kier alpha value is -0.600. The van der Waals surface area contributed by atoms with Crippen LogP contribution in [0, 0.1) is 6.92 Å². The lowest BCUT2D eigenvalue weighted by atomic mass is 10.2. The van der Waals surface area contributed by atoms with Crippen molar-refractivity contribution in [1.29, 1.82) is 0 Å². The molecule has 1 aliphatic heterocycles. The number of hydrogen-bond acceptors (Lipinski definition) is 3. The molecule has 0 aromatic heterocycles. The Kier molecular flexibility index (Phi) is 3.70. The molecule has 0 spiro atoms. The van der Waals surface area contributed by atoms with E-state index in [-0.39, 0.29) is 11.4 Å². The van der Waals surface area contributed by atoms with Crippen LogP contribution in [-0.2, 0) is 10.0 Å². The Bertz CT molecular complexity index is 616. The highest BCUT2D eigenvalue weighted by molar-refractivity contribution is 9.11. The third kappa shape index (κ3) is 2.28. The number of urea groups is 1. The molecular weight excluding hydrogens is 388 g/mol. The largest absolute Gasteiger partial charge is 0.335 e. The summed E-state index contributed by atoms with van der Waals surface area (Å²) in [4.78, 5) is 11.5. The average Bonchev–Trinajstić information content (AvgIpc) is 2.70. The van der Waals surface area contributed by atoms with Gasteiger partial charge in [-0.3, -0.25) is 0 Å². The van der Waals surface area contributed by atoms with Crippen molar-refractivity contribution in [2.24, 2.45) is 0 Å². The van der Waals surface area contributed by atoms with Gasteiger partial charge in [-0.15, -0.1) is 0 Å². The number of nitrogens with zero attached hydrogens (tertiary/aromatic N) is 1. The highest BCUT2D eigenvalue weighted by atomic mass is 79.9. The monoisotopic (exact) mass is 396 g/mol. The maximum Gasteiger partial charge on any atom is 0.331 e. The summed E-state index contributed by atoms with van der Waals surface area (Å²) in [5, 5.41) is 2.47. The number of rotatable bonds is 2. The van der Waals surface area contributed by atoms with Crippen LogP contribution in [0.4, 0.5) is 4.79 Å². The fourth-order valence-electron chi connectivity index (χ4n) is 1.63. The van der Waals surface area contributed by atoms with Gasteiger partial charge in [0.15, 0.2) is 0 Å². The first kappa shape index (κ1) is 13.8. The highest BCUT2D eigenvalue weighted by Crippen LogP contribution is 2.31. The minimum Gasteiger partial charge on any atom is -0.335 e. The number of aryl methyl sites for hydroxylation is 1. The van der Waals surface area contributed by atoms with Gasteiger partial charge in [0.2, 0.25) is 0 Å². The molecule has 1 fully saturated rings. The number of halogens is 2. The zero-order valence-electron chi connectivity index (χ0n) is 9.41. The number of carbonyl (C=O) groups excluding carboxylic acids is 1. The van der Waals surface area contributed by atoms with E-state index < -0.39 is 16.1 Å². The summed E-state index contributed by atoms with van der Waals surface area (Å²) >= 11 is 6.52. The molecule has 1 N–H and O–H groups in total. The molecule has 5 nitrogen and oxygen atoms in total. The average molecular weight is 398 g/mol. The number of amides is 2. The minimum atomic E-state index is -3.81. The van der Waals surface area contributed by atoms with E-state index in [0.717, 1.165) is 9.87 Å². The van der Waals surface area contributed by atoms with Crippen LogP contribution >= 0.6 is 31.9 Å². The molecule has 18 heavy (non-hydrogen) atoms. The third-order valence-corrected chi connectivity index (χ3v) is 6.19. The lowest BCUT2D eigenvalue weighted by Crippen LogP contribution is -2.34. The van der Waals surface area contributed by atoms with E-state index in [1.165, 1.54) is 6.07 Å². The molecule has 0 unspecified atom stereocenters. The first-order valence-corrected chi connectivity index (χ1v) is 8.13. The van der Waals surface area contributed by atoms with Gasteiger partial charge in [-0.25, -0.2) is 17.5 Å². The van der Waals surface area contributed by atoms with E-state index in [2.05, 4.69) is 37.2 Å². The lowest BCUT2D eigenvalue weighted by Gasteiger charge is -2.16. The van der Waals surface area contributed by atoms with Gasteiger partial charge in [0.25, 0.3) is 10.0 Å². The molecule has 0 bridgehead atoms. The smallest absolute Gasteiger partial charge is 0.331 e. The summed E-state index contributed by atoms with van der Waals surface area (Å²) in [7, 11) is -3.81. The van der Waals surface area contributed by atoms with Crippen LogP contribution in [0.15, 0.2) is 26.0 Å². The van der Waals surface area contributed by atoms with Crippen LogP contribution in [-0.4, -0.2) is 31.8 Å². The second-order valence-corrected chi connectivity index (χ2v) is 7.38. The van der Waals surface area contributed by atoms with Crippen LogP contribution in [0.2, 0.25) is 0 Å². The SMILES string of the molecule is Cc1cc(Br)c(S(=O)(=O)N2CCNC2=O)cc1Br. The molecule has 1 aromatic carbocycles. The molecule has 0 saturated carbocycles. The molecule has 8 heteroatoms. The van der Waals surface area contributed by atoms with Crippen LogP contribution in [0.5, 0.6) is 0 Å². The van der Waals surface area contributed by atoms with E-state index >= 15 is 0 Å². The first-order chi connectivity index (χ1) is 8.34. The van der Waals surface area contributed by atoms with Crippen LogP contribution in [0.1, 0.15) is 5.56 Å². The molecule has 1 aromatic rings. The van der Waals surface area contributed by atoms with Crippen molar-refractivity contribution in [3.8, 4) is 0 Å². The molecule has 0 aliphatic carbocycles. The maximum absolute atomic E-state index is 12.3. The Morgan fingerprint density at radius 1 is 1.28 bits per heavy atom. The van der Waals surface area contributed by atoms with E-state index in [9.17, 15) is 13.2 Å². The van der Waals surface area contributed by atoms with Crippen molar-refractivity contribution in [1.82, 2.24) is 9.62 Å². The van der Waals surface area contributed by atoms with Crippen LogP contribution in [0.3, 0.4) is 0 Å². The predicted octanol–water partition coefficient (Wildman–Crippen LogP) is 2.23. The van der Waals surface area contributed by atoms with Crippen molar-refractivity contribution >= 4 is 47.9 Å². The van der Waals surface area contributed by atoms with Crippen molar-refractivity contribution in [3.63, 3.8) is 0 Å². The Morgan fingerprint density at radius 3 is 2.50 bits per heavy atom. The van der Waals surface area contributed by atoms with Crippen molar-refractivity contribution in [2.75, 3.05) is 13.1 Å². The second-order valence-electron chi connectivity index (χ2n) is 3.84. The van der Waals surface area contributed by atoms with Gasteiger partial charge in [0.1, 0.15) is 4.90 Å². The van der Waals surface area contributed by atoms with E-state index in [1.54, 1.807) is 6.07 Å². The molecule has 2 rings (SSSR count). The summed E-state index contributed by atoms with van der Waals surface area (Å²) < 4.78 is 26.7. The normalized spacial score (nSPS) is 15.9. The van der Waals surface area contributed by atoms with E-state index in [4.69, 9.17) is 0 Å². The van der Waals surface area contributed by atoms with Gasteiger partial charge in [-0.1, -0.05) is 15.9 Å². The van der Waals surface area contributed by atoms with Gasteiger partial charge >= 0.3 is 6.03 Å². The number of sulfonamides is 1. The summed E-state index contributed by atoms with van der Waals surface area (Å²) in [6, 6.07) is 2.62. The summed E-state index contributed by atoms with van der Waals surface area (Å²) in [6.07, 6.45) is 0. The van der Waals surface area contributed by atoms with E-state index in [0.29, 0.717) is 15.5 Å². The molecule has 1 aliphatic rings. The number of hydrogen-bond donors (Lipinski definition) is 1. The fraction of sp³-hybridized carbons (Fsp3) is 0.300. The Labute approximate surface area is 122 Å². The molecular formula is C10H10Br2N2O3S. The van der Waals surface area contributed by atoms with Crippen molar-refractivity contribution < 1.29 is 13.2 Å². The highest BCUT2D eigenvalue weighted by Gasteiger charge is 2.34. The number of carbonyl (C=O) groups is 1. The summed E-state index contributed by atoms with van der Waals surface area (Å²) in [6.45, 7) is 2.34. The summed E-state index contributed by atoms with van der Waals surface area (Å²) in [5.41, 5.74) is 0.909. The standard InChI is InChI=1S/C10H10Br2N2O3S/c1-6-4-8(12)9(5-7(6)11)18(16,17)14-3-2-13-10(14)15/h4-5H,2-3H2,1H3,(H,13,15). The van der Waals surface area contributed by atoms with Crippen LogP contribution < -0.4 is 5.32 Å². The van der Waals surface area contributed by atoms with Crippen LogP contribution in [0.25, 0.3) is 0 Å². The molecule has 0 radical (unpaired) electrons. The number of nitrogens with one attached hydrogen (secondary N) is 1. The maximum atomic E-state index is 12.3. The van der Waals surface area contributed by atoms with E-state index in [1.807, 2.05) is 6.92 Å². The molecule has 98 valence electrons. The molecule has 1 saturated heterocycles. The summed E-state index contributed by atoms with van der Waals surface area (Å²) in [5.74, 6) is 0. The molecule has 2 amide bonds. The quantitative estimate of drug-likeness (QED) is 0.832. The minimum absolute atomic E-state index is 0.0806. The number of benzene rings is 1. The topological polar surface area (TPSA) is 66.5 Å². The lowest BCUT2D eigenvalue weighted by molar-refractivity contribution is 0.236. The molecule has 0 atom stereocenters. The van der Waals surface area contributed by atoms with Gasteiger partial charge in [-0.2, -0.15) is 0 Å². The Balaban J connectivity index is 2.54. The zero-order valence-corrected chi connectivity index (χ0v) is 13.4. The van der Waals surface area contributed by atoms with Crippen molar-refractivity contribution in [2.45, 2.75) is 11.8 Å². The van der Waals surface area contributed by atoms with Gasteiger partial charge in [0, 0.05) is 15.5 Å². The molecule has 1 heterocycles. The van der Waals surface area contributed by atoms with Crippen molar-refractivity contribution in [3.05, 3.63) is 26.6 Å².